The van der Waals surface area contributed by atoms with Crippen molar-refractivity contribution in [2.45, 2.75) is 58.1 Å². The Labute approximate surface area is 167 Å². The monoisotopic (exact) mass is 385 g/mol. The largest absolute Gasteiger partial charge is 0.376 e. The SMILES string of the molecule is CCN(C(=O)Nc1c(C(C)C)nnn1C)C(Cc1ccccc1)C1CCCO1. The van der Waals surface area contributed by atoms with Crippen molar-refractivity contribution in [3.8, 4) is 0 Å². The van der Waals surface area contributed by atoms with Gasteiger partial charge in [-0.05, 0) is 31.7 Å². The first-order valence-corrected chi connectivity index (χ1v) is 10.1. The molecule has 0 saturated carbocycles. The van der Waals surface area contributed by atoms with Crippen molar-refractivity contribution in [1.29, 1.82) is 0 Å². The Morgan fingerprint density at radius 3 is 2.71 bits per heavy atom. The van der Waals surface area contributed by atoms with Crippen molar-refractivity contribution >= 4 is 11.8 Å². The molecule has 0 bridgehead atoms. The van der Waals surface area contributed by atoms with Gasteiger partial charge in [-0.3, -0.25) is 5.32 Å². The van der Waals surface area contributed by atoms with Crippen LogP contribution in [0.25, 0.3) is 0 Å². The lowest BCUT2D eigenvalue weighted by molar-refractivity contribution is 0.0415. The van der Waals surface area contributed by atoms with Gasteiger partial charge in [0.2, 0.25) is 0 Å². The molecule has 2 aromatic rings. The summed E-state index contributed by atoms with van der Waals surface area (Å²) in [6, 6.07) is 10.1. The van der Waals surface area contributed by atoms with Crippen LogP contribution >= 0.6 is 0 Å². The van der Waals surface area contributed by atoms with E-state index in [-0.39, 0.29) is 24.1 Å². The Morgan fingerprint density at radius 1 is 1.36 bits per heavy atom. The highest BCUT2D eigenvalue weighted by molar-refractivity contribution is 5.89. The zero-order chi connectivity index (χ0) is 20.1. The number of rotatable bonds is 7. The van der Waals surface area contributed by atoms with Gasteiger partial charge in [-0.15, -0.1) is 5.10 Å². The highest BCUT2D eigenvalue weighted by atomic mass is 16.5. The molecule has 0 spiro atoms. The van der Waals surface area contributed by atoms with Gasteiger partial charge < -0.3 is 9.64 Å². The van der Waals surface area contributed by atoms with Gasteiger partial charge in [-0.1, -0.05) is 49.4 Å². The number of nitrogens with zero attached hydrogens (tertiary/aromatic N) is 4. The number of benzene rings is 1. The summed E-state index contributed by atoms with van der Waals surface area (Å²) in [5.41, 5.74) is 2.00. The number of anilines is 1. The molecule has 1 saturated heterocycles. The van der Waals surface area contributed by atoms with Gasteiger partial charge in [0, 0.05) is 26.1 Å². The predicted molar refractivity (Wildman–Crippen MR) is 109 cm³/mol. The first kappa shape index (κ1) is 20.3. The average molecular weight is 386 g/mol. The molecule has 2 amide bonds. The van der Waals surface area contributed by atoms with Crippen LogP contribution in [0.1, 0.15) is 50.8 Å². The lowest BCUT2D eigenvalue weighted by Gasteiger charge is -2.34. The minimum Gasteiger partial charge on any atom is -0.376 e. The molecule has 3 rings (SSSR count). The lowest BCUT2D eigenvalue weighted by Crippen LogP contribution is -2.50. The standard InChI is InChI=1S/C21H31N5O2/c1-5-26(21(27)22-20-19(15(2)3)23-24-25(20)4)17(18-12-9-13-28-18)14-16-10-7-6-8-11-16/h6-8,10-11,15,17-18H,5,9,12-14H2,1-4H3,(H,22,27). The van der Waals surface area contributed by atoms with Gasteiger partial charge in [0.25, 0.3) is 0 Å². The summed E-state index contributed by atoms with van der Waals surface area (Å²) in [4.78, 5) is 15.1. The fourth-order valence-corrected chi connectivity index (χ4v) is 3.81. The summed E-state index contributed by atoms with van der Waals surface area (Å²) in [7, 11) is 1.80. The molecular formula is C21H31N5O2. The minimum absolute atomic E-state index is 0.0152. The van der Waals surface area contributed by atoms with Gasteiger partial charge in [0.15, 0.2) is 5.82 Å². The van der Waals surface area contributed by atoms with Crippen LogP contribution in [-0.2, 0) is 18.2 Å². The molecule has 7 nitrogen and oxygen atoms in total. The van der Waals surface area contributed by atoms with Crippen LogP contribution in [0.4, 0.5) is 10.6 Å². The molecule has 1 fully saturated rings. The third kappa shape index (κ3) is 4.52. The Kier molecular flexibility index (Phi) is 6.67. The van der Waals surface area contributed by atoms with Crippen molar-refractivity contribution in [1.82, 2.24) is 19.9 Å². The molecule has 7 heteroatoms. The predicted octanol–water partition coefficient (Wildman–Crippen LogP) is 3.58. The third-order valence-electron chi connectivity index (χ3n) is 5.31. The van der Waals surface area contributed by atoms with Crippen molar-refractivity contribution in [3.63, 3.8) is 0 Å². The number of ether oxygens (including phenoxy) is 1. The third-order valence-corrected chi connectivity index (χ3v) is 5.31. The zero-order valence-corrected chi connectivity index (χ0v) is 17.3. The van der Waals surface area contributed by atoms with E-state index in [4.69, 9.17) is 4.74 Å². The van der Waals surface area contributed by atoms with Crippen LogP contribution in [0.15, 0.2) is 30.3 Å². The highest BCUT2D eigenvalue weighted by Gasteiger charge is 2.33. The summed E-state index contributed by atoms with van der Waals surface area (Å²) in [5.74, 6) is 0.835. The van der Waals surface area contributed by atoms with Crippen molar-refractivity contribution < 1.29 is 9.53 Å². The van der Waals surface area contributed by atoms with Gasteiger partial charge in [0.1, 0.15) is 5.69 Å². The van der Waals surface area contributed by atoms with E-state index in [1.165, 1.54) is 5.56 Å². The van der Waals surface area contributed by atoms with Crippen LogP contribution in [0, 0.1) is 0 Å². The number of carbonyl (C=O) groups excluding carboxylic acids is 1. The number of hydrogen-bond acceptors (Lipinski definition) is 4. The lowest BCUT2D eigenvalue weighted by atomic mass is 9.98. The Hall–Kier alpha value is -2.41. The molecule has 2 unspecified atom stereocenters. The second kappa shape index (κ2) is 9.19. The Morgan fingerprint density at radius 2 is 2.11 bits per heavy atom. The molecule has 152 valence electrons. The van der Waals surface area contributed by atoms with Crippen LogP contribution in [0.2, 0.25) is 0 Å². The molecule has 0 aliphatic carbocycles. The second-order valence-electron chi connectivity index (χ2n) is 7.63. The smallest absolute Gasteiger partial charge is 0.323 e. The summed E-state index contributed by atoms with van der Waals surface area (Å²) in [5, 5.41) is 11.3. The molecule has 1 N–H and O–H groups in total. The molecule has 1 aliphatic heterocycles. The van der Waals surface area contributed by atoms with E-state index in [2.05, 4.69) is 27.8 Å². The van der Waals surface area contributed by atoms with Crippen LogP contribution < -0.4 is 5.32 Å². The highest BCUT2D eigenvalue weighted by Crippen LogP contribution is 2.25. The number of nitrogens with one attached hydrogen (secondary N) is 1. The molecule has 2 heterocycles. The van der Waals surface area contributed by atoms with E-state index < -0.39 is 0 Å². The molecule has 1 aromatic heterocycles. The number of aryl methyl sites for hydroxylation is 1. The second-order valence-corrected chi connectivity index (χ2v) is 7.63. The van der Waals surface area contributed by atoms with E-state index in [1.807, 2.05) is 43.9 Å². The van der Waals surface area contributed by atoms with E-state index in [9.17, 15) is 4.79 Å². The number of carbonyl (C=O) groups is 1. The summed E-state index contributed by atoms with van der Waals surface area (Å²) in [6.07, 6.45) is 2.84. The fraction of sp³-hybridized carbons (Fsp3) is 0.571. The van der Waals surface area contributed by atoms with Gasteiger partial charge in [-0.2, -0.15) is 0 Å². The normalized spacial score (nSPS) is 17.7. The number of likely N-dealkylation sites (N-methyl/N-ethyl adjacent to an activating group) is 1. The number of hydrogen-bond donors (Lipinski definition) is 1. The fourth-order valence-electron chi connectivity index (χ4n) is 3.81. The molecule has 0 radical (unpaired) electrons. The van der Waals surface area contributed by atoms with Crippen LogP contribution in [0.5, 0.6) is 0 Å². The molecular weight excluding hydrogens is 354 g/mol. The zero-order valence-electron chi connectivity index (χ0n) is 17.3. The van der Waals surface area contributed by atoms with Crippen molar-refractivity contribution in [2.24, 2.45) is 7.05 Å². The summed E-state index contributed by atoms with van der Waals surface area (Å²) < 4.78 is 7.61. The maximum Gasteiger partial charge on any atom is 0.323 e. The molecule has 2 atom stereocenters. The summed E-state index contributed by atoms with van der Waals surface area (Å²) >= 11 is 0. The van der Waals surface area contributed by atoms with E-state index >= 15 is 0 Å². The Balaban J connectivity index is 1.82. The molecule has 28 heavy (non-hydrogen) atoms. The number of aromatic nitrogens is 3. The van der Waals surface area contributed by atoms with Crippen molar-refractivity contribution in [3.05, 3.63) is 41.6 Å². The van der Waals surface area contributed by atoms with E-state index in [0.717, 1.165) is 31.6 Å². The minimum atomic E-state index is -0.133. The maximum atomic E-state index is 13.2. The van der Waals surface area contributed by atoms with E-state index in [1.54, 1.807) is 11.7 Å². The number of amides is 2. The quantitative estimate of drug-likeness (QED) is 0.791. The van der Waals surface area contributed by atoms with Crippen LogP contribution in [-0.4, -0.2) is 51.2 Å². The van der Waals surface area contributed by atoms with Crippen LogP contribution in [0.3, 0.4) is 0 Å². The van der Waals surface area contributed by atoms with Gasteiger partial charge in [-0.25, -0.2) is 9.48 Å². The molecule has 1 aromatic carbocycles. The van der Waals surface area contributed by atoms with Gasteiger partial charge in [0.05, 0.1) is 12.1 Å². The first-order valence-electron chi connectivity index (χ1n) is 10.1. The van der Waals surface area contributed by atoms with E-state index in [0.29, 0.717) is 12.4 Å². The van der Waals surface area contributed by atoms with Gasteiger partial charge >= 0.3 is 6.03 Å². The maximum absolute atomic E-state index is 13.2. The molecule has 1 aliphatic rings. The average Bonchev–Trinajstić information content (AvgIpc) is 3.33. The number of urea groups is 1. The Bertz CT molecular complexity index is 768. The topological polar surface area (TPSA) is 72.3 Å². The van der Waals surface area contributed by atoms with Crippen molar-refractivity contribution in [2.75, 3.05) is 18.5 Å². The first-order chi connectivity index (χ1) is 13.5. The summed E-state index contributed by atoms with van der Waals surface area (Å²) in [6.45, 7) is 7.46.